The molecule has 2 aromatic rings. The summed E-state index contributed by atoms with van der Waals surface area (Å²) < 4.78 is 7.03. The van der Waals surface area contributed by atoms with Crippen LogP contribution < -0.4 is 5.32 Å². The third kappa shape index (κ3) is 4.96. The summed E-state index contributed by atoms with van der Waals surface area (Å²) in [5, 5.41) is 7.42. The predicted molar refractivity (Wildman–Crippen MR) is 96.7 cm³/mol. The highest BCUT2D eigenvalue weighted by Crippen LogP contribution is 2.25. The number of nitrogens with one attached hydrogen (secondary N) is 1. The number of amides is 1. The first-order chi connectivity index (χ1) is 11.8. The van der Waals surface area contributed by atoms with Crippen LogP contribution in [-0.2, 0) is 14.9 Å². The van der Waals surface area contributed by atoms with E-state index < -0.39 is 6.10 Å². The maximum atomic E-state index is 12.4. The van der Waals surface area contributed by atoms with Crippen molar-refractivity contribution in [2.45, 2.75) is 45.6 Å². The lowest BCUT2D eigenvalue weighted by atomic mass is 9.92. The Hall–Kier alpha value is -2.54. The standard InChI is InChI=1S/C18H25N5O2/c1-6-7-11-25-13(2)16(24)21-15-12-14(18(3,4)5)22-23(15)17-19-9-8-10-20-17/h6,8-10,12-13H,1,7,11H2,2-5H3,(H,21,24)/t13-/m1/s1. The van der Waals surface area contributed by atoms with Gasteiger partial charge in [-0.3, -0.25) is 4.79 Å². The van der Waals surface area contributed by atoms with E-state index in [1.165, 1.54) is 4.68 Å². The molecular weight excluding hydrogens is 318 g/mol. The van der Waals surface area contributed by atoms with Gasteiger partial charge in [0.15, 0.2) is 0 Å². The van der Waals surface area contributed by atoms with Gasteiger partial charge in [0.1, 0.15) is 11.9 Å². The predicted octanol–water partition coefficient (Wildman–Crippen LogP) is 2.88. The van der Waals surface area contributed by atoms with E-state index in [-0.39, 0.29) is 11.3 Å². The van der Waals surface area contributed by atoms with Crippen LogP contribution in [0.15, 0.2) is 37.2 Å². The molecule has 0 aliphatic heterocycles. The minimum absolute atomic E-state index is 0.175. The first-order valence-electron chi connectivity index (χ1n) is 8.24. The molecule has 7 heteroatoms. The Bertz CT molecular complexity index is 719. The number of anilines is 1. The lowest BCUT2D eigenvalue weighted by Gasteiger charge is -2.13. The number of aromatic nitrogens is 4. The Labute approximate surface area is 148 Å². The average Bonchev–Trinajstić information content (AvgIpc) is 3.00. The number of rotatable bonds is 7. The maximum Gasteiger partial charge on any atom is 0.254 e. The molecule has 1 N–H and O–H groups in total. The van der Waals surface area contributed by atoms with Crippen molar-refractivity contribution in [2.24, 2.45) is 0 Å². The molecule has 2 rings (SSSR count). The molecule has 0 saturated heterocycles. The first-order valence-corrected chi connectivity index (χ1v) is 8.24. The minimum atomic E-state index is -0.585. The van der Waals surface area contributed by atoms with E-state index in [1.807, 2.05) is 6.07 Å². The zero-order valence-electron chi connectivity index (χ0n) is 15.2. The summed E-state index contributed by atoms with van der Waals surface area (Å²) in [7, 11) is 0. The molecule has 2 heterocycles. The van der Waals surface area contributed by atoms with Crippen LogP contribution in [0.3, 0.4) is 0 Å². The summed E-state index contributed by atoms with van der Waals surface area (Å²) in [6.45, 7) is 12.0. The van der Waals surface area contributed by atoms with Gasteiger partial charge in [0.25, 0.3) is 11.9 Å². The van der Waals surface area contributed by atoms with Crippen molar-refractivity contribution in [1.29, 1.82) is 0 Å². The smallest absolute Gasteiger partial charge is 0.254 e. The number of carbonyl (C=O) groups excluding carboxylic acids is 1. The lowest BCUT2D eigenvalue weighted by Crippen LogP contribution is -2.29. The van der Waals surface area contributed by atoms with Crippen LogP contribution in [-0.4, -0.2) is 38.4 Å². The van der Waals surface area contributed by atoms with Gasteiger partial charge >= 0.3 is 0 Å². The van der Waals surface area contributed by atoms with Crippen molar-refractivity contribution in [3.63, 3.8) is 0 Å². The highest BCUT2D eigenvalue weighted by molar-refractivity contribution is 5.93. The monoisotopic (exact) mass is 343 g/mol. The molecule has 2 aromatic heterocycles. The second-order valence-corrected chi connectivity index (χ2v) is 6.71. The molecule has 1 atom stereocenters. The fourth-order valence-electron chi connectivity index (χ4n) is 2.02. The number of carbonyl (C=O) groups is 1. The SMILES string of the molecule is C=CCCO[C@H](C)C(=O)Nc1cc(C(C)(C)C)nn1-c1ncccn1. The Morgan fingerprint density at radius 3 is 2.68 bits per heavy atom. The molecule has 0 aromatic carbocycles. The maximum absolute atomic E-state index is 12.4. The van der Waals surface area contributed by atoms with E-state index >= 15 is 0 Å². The van der Waals surface area contributed by atoms with Crippen molar-refractivity contribution >= 4 is 11.7 Å². The van der Waals surface area contributed by atoms with E-state index in [2.05, 4.69) is 47.7 Å². The van der Waals surface area contributed by atoms with Gasteiger partial charge in [-0.15, -0.1) is 6.58 Å². The highest BCUT2D eigenvalue weighted by atomic mass is 16.5. The topological polar surface area (TPSA) is 81.9 Å². The van der Waals surface area contributed by atoms with Crippen LogP contribution in [0.5, 0.6) is 0 Å². The summed E-state index contributed by atoms with van der Waals surface area (Å²) in [5.74, 6) is 0.662. The number of hydrogen-bond acceptors (Lipinski definition) is 5. The van der Waals surface area contributed by atoms with Gasteiger partial charge in [-0.1, -0.05) is 26.8 Å². The van der Waals surface area contributed by atoms with Crippen molar-refractivity contribution < 1.29 is 9.53 Å². The molecule has 7 nitrogen and oxygen atoms in total. The van der Waals surface area contributed by atoms with Crippen LogP contribution >= 0.6 is 0 Å². The zero-order valence-corrected chi connectivity index (χ0v) is 15.2. The van der Waals surface area contributed by atoms with E-state index in [9.17, 15) is 4.79 Å². The molecule has 0 fully saturated rings. The van der Waals surface area contributed by atoms with E-state index in [4.69, 9.17) is 4.74 Å². The molecule has 0 aliphatic carbocycles. The third-order valence-corrected chi connectivity index (χ3v) is 3.53. The molecule has 134 valence electrons. The van der Waals surface area contributed by atoms with Crippen LogP contribution in [0.25, 0.3) is 5.95 Å². The summed E-state index contributed by atoms with van der Waals surface area (Å²) in [5.41, 5.74) is 0.654. The summed E-state index contributed by atoms with van der Waals surface area (Å²) in [6, 6.07) is 3.57. The molecular formula is C18H25N5O2. The Kier molecular flexibility index (Phi) is 6.03. The van der Waals surface area contributed by atoms with E-state index in [0.29, 0.717) is 24.8 Å². The highest BCUT2D eigenvalue weighted by Gasteiger charge is 2.23. The van der Waals surface area contributed by atoms with Gasteiger partial charge in [-0.05, 0) is 19.4 Å². The average molecular weight is 343 g/mol. The molecule has 25 heavy (non-hydrogen) atoms. The van der Waals surface area contributed by atoms with E-state index in [1.54, 1.807) is 31.5 Å². The van der Waals surface area contributed by atoms with Gasteiger partial charge in [0.05, 0.1) is 12.3 Å². The van der Waals surface area contributed by atoms with Crippen LogP contribution in [0.4, 0.5) is 5.82 Å². The van der Waals surface area contributed by atoms with Crippen LogP contribution in [0, 0.1) is 0 Å². The number of nitrogens with zero attached hydrogens (tertiary/aromatic N) is 4. The third-order valence-electron chi connectivity index (χ3n) is 3.53. The molecule has 0 spiro atoms. The van der Waals surface area contributed by atoms with Gasteiger partial charge in [-0.2, -0.15) is 9.78 Å². The van der Waals surface area contributed by atoms with Gasteiger partial charge < -0.3 is 10.1 Å². The molecule has 0 radical (unpaired) electrons. The first kappa shape index (κ1) is 18.8. The molecule has 1 amide bonds. The lowest BCUT2D eigenvalue weighted by molar-refractivity contribution is -0.126. The van der Waals surface area contributed by atoms with Gasteiger partial charge in [0.2, 0.25) is 0 Å². The van der Waals surface area contributed by atoms with Gasteiger partial charge in [-0.25, -0.2) is 9.97 Å². The second kappa shape index (κ2) is 8.02. The largest absolute Gasteiger partial charge is 0.368 e. The summed E-state index contributed by atoms with van der Waals surface area (Å²) in [6.07, 6.45) is 5.13. The Balaban J connectivity index is 2.25. The van der Waals surface area contributed by atoms with Crippen LogP contribution in [0.2, 0.25) is 0 Å². The number of hydrogen-bond donors (Lipinski definition) is 1. The van der Waals surface area contributed by atoms with Crippen molar-refractivity contribution in [3.05, 3.63) is 42.9 Å². The Morgan fingerprint density at radius 2 is 2.08 bits per heavy atom. The molecule has 0 aliphatic rings. The van der Waals surface area contributed by atoms with Crippen LogP contribution in [0.1, 0.15) is 39.8 Å². The fraction of sp³-hybridized carbons (Fsp3) is 0.444. The minimum Gasteiger partial charge on any atom is -0.368 e. The number of ether oxygens (including phenoxy) is 1. The molecule has 0 saturated carbocycles. The molecule has 0 bridgehead atoms. The Morgan fingerprint density at radius 1 is 1.40 bits per heavy atom. The zero-order chi connectivity index (χ0) is 18.4. The molecule has 0 unspecified atom stereocenters. The second-order valence-electron chi connectivity index (χ2n) is 6.71. The van der Waals surface area contributed by atoms with Crippen molar-refractivity contribution in [2.75, 3.05) is 11.9 Å². The fourth-order valence-corrected chi connectivity index (χ4v) is 2.02. The van der Waals surface area contributed by atoms with E-state index in [0.717, 1.165) is 5.69 Å². The summed E-state index contributed by atoms with van der Waals surface area (Å²) >= 11 is 0. The quantitative estimate of drug-likeness (QED) is 0.617. The summed E-state index contributed by atoms with van der Waals surface area (Å²) in [4.78, 5) is 20.8. The normalized spacial score (nSPS) is 12.6. The van der Waals surface area contributed by atoms with Crippen molar-refractivity contribution in [3.8, 4) is 5.95 Å². The van der Waals surface area contributed by atoms with Crippen molar-refractivity contribution in [1.82, 2.24) is 19.7 Å². The van der Waals surface area contributed by atoms with Gasteiger partial charge in [0, 0.05) is 23.9 Å².